The molecule has 0 saturated carbocycles. The molecule has 0 unspecified atom stereocenters. The summed E-state index contributed by atoms with van der Waals surface area (Å²) in [5, 5.41) is 1.08. The van der Waals surface area contributed by atoms with Crippen LogP contribution in [0.5, 0.6) is 0 Å². The van der Waals surface area contributed by atoms with Crippen LogP contribution >= 0.6 is 0 Å². The zero-order chi connectivity index (χ0) is 26.9. The monoisotopic (exact) mass is 512 g/mol. The Labute approximate surface area is 210 Å². The molecule has 2 fully saturated rings. The van der Waals surface area contributed by atoms with Gasteiger partial charge in [0.05, 0.1) is 24.2 Å². The van der Waals surface area contributed by atoms with Crippen LogP contribution < -0.4 is 0 Å². The van der Waals surface area contributed by atoms with Gasteiger partial charge in [0.1, 0.15) is 0 Å². The van der Waals surface area contributed by atoms with E-state index >= 15 is 0 Å². The van der Waals surface area contributed by atoms with Crippen molar-refractivity contribution < 1.29 is 47.9 Å². The number of ether oxygens (including phenoxy) is 2. The van der Waals surface area contributed by atoms with Gasteiger partial charge >= 0.3 is 11.9 Å². The number of hydroxylamine groups is 4. The quantitative estimate of drug-likeness (QED) is 0.236. The maximum absolute atomic E-state index is 11.9. The fourth-order valence-electron chi connectivity index (χ4n) is 3.55. The first kappa shape index (κ1) is 29.4. The maximum atomic E-state index is 11.9. The molecule has 0 aromatic heterocycles. The molecule has 0 bridgehead atoms. The summed E-state index contributed by atoms with van der Waals surface area (Å²) in [6, 6.07) is 0. The van der Waals surface area contributed by atoms with E-state index in [1.807, 2.05) is 27.7 Å². The summed E-state index contributed by atoms with van der Waals surface area (Å²) in [4.78, 5) is 79.4. The average molecular weight is 513 g/mol. The minimum absolute atomic E-state index is 0.0131. The van der Waals surface area contributed by atoms with Crippen molar-refractivity contribution in [2.45, 2.75) is 103 Å². The lowest BCUT2D eigenvalue weighted by molar-refractivity contribution is -0.197. The Morgan fingerprint density at radius 1 is 0.639 bits per heavy atom. The molecule has 202 valence electrons. The van der Waals surface area contributed by atoms with E-state index in [9.17, 15) is 28.8 Å². The van der Waals surface area contributed by atoms with Gasteiger partial charge in [-0.25, -0.2) is 9.59 Å². The lowest BCUT2D eigenvalue weighted by Gasteiger charge is -2.30. The molecule has 2 saturated heterocycles. The van der Waals surface area contributed by atoms with Crippen molar-refractivity contribution in [3.8, 4) is 0 Å². The molecule has 0 aromatic carbocycles. The van der Waals surface area contributed by atoms with Crippen LogP contribution in [0.3, 0.4) is 0 Å². The molecule has 0 spiro atoms. The summed E-state index contributed by atoms with van der Waals surface area (Å²) < 4.78 is 11.8. The normalized spacial score (nSPS) is 16.8. The Hall–Kier alpha value is -2.86. The van der Waals surface area contributed by atoms with Crippen LogP contribution in [-0.4, -0.2) is 70.1 Å². The van der Waals surface area contributed by atoms with Gasteiger partial charge in [-0.3, -0.25) is 19.2 Å². The van der Waals surface area contributed by atoms with Crippen molar-refractivity contribution in [3.63, 3.8) is 0 Å². The van der Waals surface area contributed by atoms with Gasteiger partial charge in [-0.1, -0.05) is 0 Å². The highest BCUT2D eigenvalue weighted by atomic mass is 16.7. The number of rotatable bonds is 15. The highest BCUT2D eigenvalue weighted by Gasteiger charge is 2.34. The standard InChI is InChI=1S/C24H36N2O10/c1-23(2,13-5-7-21(31)35-25-17(27)9-10-18(25)28)34-16-14-24(3,4)33-15-6-8-22(32)36-26-19(29)11-12-20(26)30/h5-16H2,1-4H3. The zero-order valence-electron chi connectivity index (χ0n) is 21.5. The van der Waals surface area contributed by atoms with Crippen molar-refractivity contribution >= 4 is 35.6 Å². The molecule has 2 aliphatic rings. The van der Waals surface area contributed by atoms with Crippen LogP contribution in [-0.2, 0) is 47.9 Å². The van der Waals surface area contributed by atoms with Crippen LogP contribution in [0, 0.1) is 0 Å². The van der Waals surface area contributed by atoms with E-state index < -0.39 is 46.8 Å². The number of carbonyl (C=O) groups is 6. The molecule has 2 rings (SSSR count). The van der Waals surface area contributed by atoms with E-state index in [1.54, 1.807) is 0 Å². The van der Waals surface area contributed by atoms with E-state index in [0.29, 0.717) is 42.4 Å². The van der Waals surface area contributed by atoms with E-state index in [-0.39, 0.29) is 45.1 Å². The molecule has 36 heavy (non-hydrogen) atoms. The summed E-state index contributed by atoms with van der Waals surface area (Å²) in [6.45, 7) is 8.31. The van der Waals surface area contributed by atoms with Crippen molar-refractivity contribution in [1.29, 1.82) is 0 Å². The van der Waals surface area contributed by atoms with Crippen molar-refractivity contribution in [3.05, 3.63) is 0 Å². The predicted molar refractivity (Wildman–Crippen MR) is 122 cm³/mol. The predicted octanol–water partition coefficient (Wildman–Crippen LogP) is 2.13. The van der Waals surface area contributed by atoms with Crippen molar-refractivity contribution in [2.75, 3.05) is 13.2 Å². The molecular formula is C24H36N2O10. The van der Waals surface area contributed by atoms with E-state index in [2.05, 4.69) is 0 Å². The number of hydrogen-bond donors (Lipinski definition) is 0. The molecule has 2 aliphatic heterocycles. The molecule has 0 aromatic rings. The number of hydrogen-bond acceptors (Lipinski definition) is 10. The molecule has 2 heterocycles. The molecule has 0 aliphatic carbocycles. The Morgan fingerprint density at radius 3 is 1.50 bits per heavy atom. The van der Waals surface area contributed by atoms with Gasteiger partial charge in [0.25, 0.3) is 23.6 Å². The van der Waals surface area contributed by atoms with Crippen LogP contribution in [0.4, 0.5) is 0 Å². The van der Waals surface area contributed by atoms with Crippen LogP contribution in [0.15, 0.2) is 0 Å². The third kappa shape index (κ3) is 9.65. The van der Waals surface area contributed by atoms with Gasteiger partial charge in [0.2, 0.25) is 0 Å². The molecule has 0 atom stereocenters. The van der Waals surface area contributed by atoms with E-state index in [0.717, 1.165) is 0 Å². The van der Waals surface area contributed by atoms with Crippen LogP contribution in [0.2, 0.25) is 0 Å². The number of carbonyl (C=O) groups excluding carboxylic acids is 6. The number of imide groups is 2. The summed E-state index contributed by atoms with van der Waals surface area (Å²) in [5.41, 5.74) is -1.02. The second-order valence-corrected chi connectivity index (χ2v) is 10.0. The average Bonchev–Trinajstić information content (AvgIpc) is 3.26. The largest absolute Gasteiger partial charge is 0.375 e. The van der Waals surface area contributed by atoms with Crippen molar-refractivity contribution in [2.24, 2.45) is 0 Å². The first-order valence-corrected chi connectivity index (χ1v) is 12.2. The highest BCUT2D eigenvalue weighted by Crippen LogP contribution is 2.22. The summed E-state index contributed by atoms with van der Waals surface area (Å²) in [6.07, 6.45) is 2.28. The SMILES string of the molecule is CC(C)(CCCC(=O)ON1C(=O)CCC1=O)OCCC(C)(C)OCCCC(=O)ON1C(=O)CCC1=O. The number of nitrogens with zero attached hydrogens (tertiary/aromatic N) is 2. The molecule has 12 nitrogen and oxygen atoms in total. The van der Waals surface area contributed by atoms with Gasteiger partial charge in [0.15, 0.2) is 0 Å². The van der Waals surface area contributed by atoms with E-state index in [4.69, 9.17) is 19.1 Å². The van der Waals surface area contributed by atoms with Crippen LogP contribution in [0.1, 0.15) is 91.9 Å². The summed E-state index contributed by atoms with van der Waals surface area (Å²) in [7, 11) is 0. The highest BCUT2D eigenvalue weighted by molar-refractivity contribution is 6.02. The molecule has 12 heteroatoms. The minimum atomic E-state index is -0.660. The van der Waals surface area contributed by atoms with E-state index in [1.165, 1.54) is 0 Å². The Bertz CT molecular complexity index is 835. The smallest absolute Gasteiger partial charge is 0.333 e. The third-order valence-corrected chi connectivity index (χ3v) is 5.77. The fraction of sp³-hybridized carbons (Fsp3) is 0.750. The minimum Gasteiger partial charge on any atom is -0.375 e. The zero-order valence-corrected chi connectivity index (χ0v) is 21.5. The molecule has 0 radical (unpaired) electrons. The summed E-state index contributed by atoms with van der Waals surface area (Å²) in [5.74, 6) is -3.32. The summed E-state index contributed by atoms with van der Waals surface area (Å²) >= 11 is 0. The topological polar surface area (TPSA) is 146 Å². The van der Waals surface area contributed by atoms with Gasteiger partial charge < -0.3 is 19.1 Å². The van der Waals surface area contributed by atoms with Gasteiger partial charge in [-0.15, -0.1) is 10.1 Å². The van der Waals surface area contributed by atoms with Crippen LogP contribution in [0.25, 0.3) is 0 Å². The second kappa shape index (κ2) is 12.9. The van der Waals surface area contributed by atoms with Crippen molar-refractivity contribution in [1.82, 2.24) is 10.1 Å². The van der Waals surface area contributed by atoms with Gasteiger partial charge in [-0.2, -0.15) is 0 Å². The molecule has 4 amide bonds. The number of amides is 4. The fourth-order valence-corrected chi connectivity index (χ4v) is 3.55. The first-order chi connectivity index (χ1) is 16.8. The molecule has 0 N–H and O–H groups in total. The first-order valence-electron chi connectivity index (χ1n) is 12.2. The Kier molecular flexibility index (Phi) is 10.5. The second-order valence-electron chi connectivity index (χ2n) is 10.0. The van der Waals surface area contributed by atoms with Gasteiger partial charge in [0, 0.05) is 38.7 Å². The lowest BCUT2D eigenvalue weighted by Crippen LogP contribution is -2.33. The molecular weight excluding hydrogens is 476 g/mol. The maximum Gasteiger partial charge on any atom is 0.333 e. The van der Waals surface area contributed by atoms with Gasteiger partial charge in [-0.05, 0) is 53.4 Å². The lowest BCUT2D eigenvalue weighted by atomic mass is 10.0. The Balaban J connectivity index is 1.57. The Morgan fingerprint density at radius 2 is 1.03 bits per heavy atom. The third-order valence-electron chi connectivity index (χ3n) is 5.77.